The van der Waals surface area contributed by atoms with Crippen LogP contribution in [0.1, 0.15) is 101 Å². The number of carbonyl (C=O) groups excluding carboxylic acids is 7. The average Bonchev–Trinajstić information content (AvgIpc) is 3.12. The fourth-order valence-electron chi connectivity index (χ4n) is 9.97. The first kappa shape index (κ1) is 33.2. The van der Waals surface area contributed by atoms with Gasteiger partial charge in [-0.25, -0.2) is 0 Å². The lowest BCUT2D eigenvalue weighted by atomic mass is 9.36. The summed E-state index contributed by atoms with van der Waals surface area (Å²) in [6.45, 7) is 15.8. The maximum atomic E-state index is 14.7. The Bertz CT molecular complexity index is 1260. The van der Waals surface area contributed by atoms with E-state index in [0.717, 1.165) is 0 Å². The van der Waals surface area contributed by atoms with Crippen LogP contribution < -0.4 is 0 Å². The van der Waals surface area contributed by atoms with E-state index in [4.69, 9.17) is 9.47 Å². The first-order valence-electron chi connectivity index (χ1n) is 15.8. The summed E-state index contributed by atoms with van der Waals surface area (Å²) < 4.78 is 10.9. The summed E-state index contributed by atoms with van der Waals surface area (Å²) in [5, 5.41) is 0. The minimum Gasteiger partial charge on any atom is -0.466 e. The molecule has 43 heavy (non-hydrogen) atoms. The second-order valence-electron chi connectivity index (χ2n) is 15.0. The van der Waals surface area contributed by atoms with E-state index >= 15 is 0 Å². The summed E-state index contributed by atoms with van der Waals surface area (Å²) in [5.41, 5.74) is -4.11. The average molecular weight is 601 g/mol. The smallest absolute Gasteiger partial charge is 0.309 e. The lowest BCUT2D eigenvalue weighted by molar-refractivity contribution is -0.215. The van der Waals surface area contributed by atoms with Gasteiger partial charge in [0.2, 0.25) is 0 Å². The zero-order valence-corrected chi connectivity index (χ0v) is 27.2. The molecule has 4 saturated carbocycles. The third kappa shape index (κ3) is 4.75. The fraction of sp³-hybridized carbons (Fsp3) is 0.794. The Labute approximate surface area is 254 Å². The molecule has 4 fully saturated rings. The van der Waals surface area contributed by atoms with E-state index in [9.17, 15) is 33.6 Å². The molecule has 0 aliphatic heterocycles. The van der Waals surface area contributed by atoms with Crippen LogP contribution in [0.3, 0.4) is 0 Å². The van der Waals surface area contributed by atoms with Crippen LogP contribution in [-0.4, -0.2) is 53.6 Å². The van der Waals surface area contributed by atoms with Crippen molar-refractivity contribution in [1.29, 1.82) is 0 Å². The molecule has 0 aromatic rings. The van der Waals surface area contributed by atoms with Crippen molar-refractivity contribution in [2.75, 3.05) is 6.61 Å². The van der Waals surface area contributed by atoms with Crippen molar-refractivity contribution in [2.45, 2.75) is 107 Å². The molecule has 0 aromatic heterocycles. The SMILES string of the molecule is CCOC(=O)C(C)CC(=O)C[C@@H](C)[C@H]1CC(=O)[C@@]2(C)[C@@H]3C(=O)C[C@H]4C(C)(C)C(=O)CC[C@]4(C)[C@H]3C(=O)C(OC(C)=O)[C@]12C. The standard InChI is InChI=1S/C34H48O9/c1-10-42-30(41)18(3)14-20(36)13-17(2)21-15-25(39)34(9)26-22(37)16-23-31(5,6)24(38)11-12-32(23,7)27(26)28(40)29(33(21,34)8)43-19(4)35/h17-18,21,23,26-27,29H,10-16H2,1-9H3/t17-,18?,21-,23+,26-,27-,29?,32+,33+,34+/m1/s1. The molecule has 10 atom stereocenters. The van der Waals surface area contributed by atoms with Crippen LogP contribution in [0.25, 0.3) is 0 Å². The van der Waals surface area contributed by atoms with E-state index in [-0.39, 0.29) is 73.5 Å². The molecule has 2 unspecified atom stereocenters. The topological polar surface area (TPSA) is 138 Å². The van der Waals surface area contributed by atoms with Crippen LogP contribution in [0.2, 0.25) is 0 Å². The van der Waals surface area contributed by atoms with Crippen LogP contribution in [0.15, 0.2) is 0 Å². The van der Waals surface area contributed by atoms with Crippen molar-refractivity contribution in [3.63, 3.8) is 0 Å². The first-order valence-corrected chi connectivity index (χ1v) is 15.8. The number of ketones is 5. The zero-order chi connectivity index (χ0) is 32.4. The molecule has 0 heterocycles. The van der Waals surface area contributed by atoms with Gasteiger partial charge in [-0.2, -0.15) is 0 Å². The van der Waals surface area contributed by atoms with Gasteiger partial charge in [0.25, 0.3) is 0 Å². The van der Waals surface area contributed by atoms with Crippen LogP contribution in [-0.2, 0) is 43.0 Å². The van der Waals surface area contributed by atoms with Crippen LogP contribution >= 0.6 is 0 Å². The monoisotopic (exact) mass is 600 g/mol. The van der Waals surface area contributed by atoms with E-state index in [0.29, 0.717) is 6.42 Å². The Balaban J connectivity index is 1.77. The van der Waals surface area contributed by atoms with E-state index in [1.807, 2.05) is 27.7 Å². The van der Waals surface area contributed by atoms with Crippen molar-refractivity contribution in [1.82, 2.24) is 0 Å². The summed E-state index contributed by atoms with van der Waals surface area (Å²) in [5.74, 6) is -5.64. The molecule has 4 rings (SSSR count). The van der Waals surface area contributed by atoms with Gasteiger partial charge < -0.3 is 9.47 Å². The highest BCUT2D eigenvalue weighted by molar-refractivity contribution is 6.05. The van der Waals surface area contributed by atoms with Crippen LogP contribution in [0, 0.1) is 57.2 Å². The largest absolute Gasteiger partial charge is 0.466 e. The molecule has 0 aromatic carbocycles. The van der Waals surface area contributed by atoms with Gasteiger partial charge in [0.05, 0.1) is 12.5 Å². The second kappa shape index (κ2) is 11.0. The number of ether oxygens (including phenoxy) is 2. The highest BCUT2D eigenvalue weighted by atomic mass is 16.5. The highest BCUT2D eigenvalue weighted by Crippen LogP contribution is 2.72. The summed E-state index contributed by atoms with van der Waals surface area (Å²) >= 11 is 0. The van der Waals surface area contributed by atoms with Gasteiger partial charge in [0.1, 0.15) is 23.1 Å². The van der Waals surface area contributed by atoms with Gasteiger partial charge in [0, 0.05) is 67.1 Å². The van der Waals surface area contributed by atoms with E-state index < -0.39 is 69.3 Å². The molecule has 9 heteroatoms. The van der Waals surface area contributed by atoms with Gasteiger partial charge >= 0.3 is 11.9 Å². The Hall–Kier alpha value is -2.71. The molecule has 4 aliphatic rings. The summed E-state index contributed by atoms with van der Waals surface area (Å²) in [7, 11) is 0. The molecule has 0 spiro atoms. The number of fused-ring (bicyclic) bond motifs is 5. The minimum absolute atomic E-state index is 0.0123. The molecule has 238 valence electrons. The normalized spacial score (nSPS) is 39.7. The van der Waals surface area contributed by atoms with E-state index in [1.54, 1.807) is 27.7 Å². The van der Waals surface area contributed by atoms with Crippen molar-refractivity contribution in [3.05, 3.63) is 0 Å². The van der Waals surface area contributed by atoms with Crippen molar-refractivity contribution in [2.24, 2.45) is 57.2 Å². The summed E-state index contributed by atoms with van der Waals surface area (Å²) in [6, 6.07) is 0. The predicted octanol–water partition coefficient (Wildman–Crippen LogP) is 4.50. The molecule has 9 nitrogen and oxygen atoms in total. The molecule has 0 saturated heterocycles. The Morgan fingerprint density at radius 1 is 0.907 bits per heavy atom. The molecule has 0 N–H and O–H groups in total. The van der Waals surface area contributed by atoms with Crippen LogP contribution in [0.4, 0.5) is 0 Å². The summed E-state index contributed by atoms with van der Waals surface area (Å²) in [4.78, 5) is 93.9. The van der Waals surface area contributed by atoms with Crippen molar-refractivity contribution in [3.8, 4) is 0 Å². The second-order valence-corrected chi connectivity index (χ2v) is 15.0. The predicted molar refractivity (Wildman–Crippen MR) is 155 cm³/mol. The summed E-state index contributed by atoms with van der Waals surface area (Å²) in [6.07, 6.45) is -0.398. The van der Waals surface area contributed by atoms with Gasteiger partial charge in [0.15, 0.2) is 11.9 Å². The molecular formula is C34H48O9. The van der Waals surface area contributed by atoms with Gasteiger partial charge in [-0.3, -0.25) is 33.6 Å². The van der Waals surface area contributed by atoms with Crippen molar-refractivity contribution < 1.29 is 43.0 Å². The highest BCUT2D eigenvalue weighted by Gasteiger charge is 2.78. The Morgan fingerprint density at radius 2 is 1.53 bits per heavy atom. The van der Waals surface area contributed by atoms with Crippen molar-refractivity contribution >= 4 is 40.9 Å². The van der Waals surface area contributed by atoms with E-state index in [2.05, 4.69) is 0 Å². The number of carbonyl (C=O) groups is 7. The lowest BCUT2D eigenvalue weighted by Gasteiger charge is -2.65. The number of rotatable bonds is 8. The molecule has 0 radical (unpaired) electrons. The Kier molecular flexibility index (Phi) is 8.51. The third-order valence-electron chi connectivity index (χ3n) is 12.4. The van der Waals surface area contributed by atoms with Gasteiger partial charge in [-0.05, 0) is 36.5 Å². The fourth-order valence-corrected chi connectivity index (χ4v) is 9.97. The lowest BCUT2D eigenvalue weighted by Crippen LogP contribution is -2.72. The third-order valence-corrected chi connectivity index (χ3v) is 12.4. The molecule has 0 bridgehead atoms. The van der Waals surface area contributed by atoms with Gasteiger partial charge in [-0.15, -0.1) is 0 Å². The number of esters is 2. The Morgan fingerprint density at radius 3 is 2.12 bits per heavy atom. The zero-order valence-electron chi connectivity index (χ0n) is 27.2. The van der Waals surface area contributed by atoms with Gasteiger partial charge in [-0.1, -0.05) is 48.5 Å². The quantitative estimate of drug-likeness (QED) is 0.369. The molecule has 0 amide bonds. The number of Topliss-reactive ketones (excluding diaryl/α,β-unsaturated/α-hetero) is 5. The minimum atomic E-state index is -1.32. The molecular weight excluding hydrogens is 552 g/mol. The molecule has 4 aliphatic carbocycles. The maximum Gasteiger partial charge on any atom is 0.309 e. The maximum absolute atomic E-state index is 14.7. The van der Waals surface area contributed by atoms with Crippen LogP contribution in [0.5, 0.6) is 0 Å². The van der Waals surface area contributed by atoms with E-state index in [1.165, 1.54) is 6.92 Å². The number of hydrogen-bond donors (Lipinski definition) is 0. The number of hydrogen-bond acceptors (Lipinski definition) is 9. The first-order chi connectivity index (χ1) is 19.8.